The van der Waals surface area contributed by atoms with Gasteiger partial charge in [-0.25, -0.2) is 14.4 Å². The molecule has 9 nitrogen and oxygen atoms in total. The van der Waals surface area contributed by atoms with Gasteiger partial charge >= 0.3 is 12.3 Å². The number of aromatic nitrogens is 4. The molecule has 0 spiro atoms. The second-order valence-corrected chi connectivity index (χ2v) is 8.54. The van der Waals surface area contributed by atoms with Crippen molar-refractivity contribution < 1.29 is 35.9 Å². The number of amides is 1. The number of alkyl halides is 5. The molecule has 1 N–H and O–H groups in total. The lowest BCUT2D eigenvalue weighted by Crippen LogP contribution is -2.60. The van der Waals surface area contributed by atoms with Gasteiger partial charge in [0.15, 0.2) is 17.3 Å². The van der Waals surface area contributed by atoms with E-state index in [9.17, 15) is 31.1 Å². The number of nitrogens with zero attached hydrogens (tertiary/aromatic N) is 6. The molecule has 38 heavy (non-hydrogen) atoms. The summed E-state index contributed by atoms with van der Waals surface area (Å²) < 4.78 is 87.2. The fourth-order valence-electron chi connectivity index (χ4n) is 3.92. The zero-order valence-corrected chi connectivity index (χ0v) is 20.2. The Morgan fingerprint density at radius 2 is 1.97 bits per heavy atom. The number of carbonyl (C=O) groups excluding carboxylic acids is 1. The quantitative estimate of drug-likeness (QED) is 0.472. The summed E-state index contributed by atoms with van der Waals surface area (Å²) in [6.07, 6.45) is -5.16. The minimum Gasteiger partial charge on any atom is -0.346 e. The molecule has 2 atom stereocenters. The molecule has 1 saturated heterocycles. The van der Waals surface area contributed by atoms with Crippen molar-refractivity contribution in [2.24, 2.45) is 12.0 Å². The predicted molar refractivity (Wildman–Crippen MR) is 121 cm³/mol. The highest BCUT2D eigenvalue weighted by molar-refractivity contribution is 5.99. The first-order valence-corrected chi connectivity index (χ1v) is 11.2. The first kappa shape index (κ1) is 27.1. The van der Waals surface area contributed by atoms with E-state index in [1.807, 2.05) is 0 Å². The third-order valence-corrected chi connectivity index (χ3v) is 5.91. The minimum atomic E-state index is -4.61. The smallest absolute Gasteiger partial charge is 0.346 e. The highest BCUT2D eigenvalue weighted by Gasteiger charge is 2.48. The Labute approximate surface area is 212 Å². The van der Waals surface area contributed by atoms with E-state index in [-0.39, 0.29) is 29.5 Å². The van der Waals surface area contributed by atoms with Gasteiger partial charge in [0.05, 0.1) is 42.2 Å². The fraction of sp³-hybridized carbons (Fsp3) is 0.391. The van der Waals surface area contributed by atoms with E-state index >= 15 is 0 Å². The number of morpholine rings is 1. The summed E-state index contributed by atoms with van der Waals surface area (Å²) in [5, 5.41) is 6.56. The Hall–Kier alpha value is -3.97. The molecule has 15 heteroatoms. The van der Waals surface area contributed by atoms with E-state index in [4.69, 9.17) is 4.74 Å². The van der Waals surface area contributed by atoms with Gasteiger partial charge in [-0.1, -0.05) is 0 Å². The van der Waals surface area contributed by atoms with Crippen LogP contribution in [0.5, 0.6) is 0 Å². The van der Waals surface area contributed by atoms with Crippen LogP contribution in [0.1, 0.15) is 23.1 Å². The van der Waals surface area contributed by atoms with Gasteiger partial charge in [0, 0.05) is 25.0 Å². The molecule has 1 amide bonds. The zero-order chi connectivity index (χ0) is 27.8. The number of allylic oxidation sites excluding steroid dienone is 1. The van der Waals surface area contributed by atoms with Gasteiger partial charge in [-0.05, 0) is 19.9 Å². The molecule has 1 fully saturated rings. The summed E-state index contributed by atoms with van der Waals surface area (Å²) in [4.78, 5) is 26.4. The largest absolute Gasteiger partial charge is 0.418 e. The van der Waals surface area contributed by atoms with E-state index in [1.165, 1.54) is 18.7 Å². The van der Waals surface area contributed by atoms with E-state index in [0.29, 0.717) is 11.9 Å². The molecular weight excluding hydrogens is 520 g/mol. The Morgan fingerprint density at radius 1 is 1.29 bits per heavy atom. The first-order chi connectivity index (χ1) is 17.8. The maximum atomic E-state index is 14.4. The molecule has 0 aliphatic carbocycles. The van der Waals surface area contributed by atoms with E-state index < -0.39 is 48.3 Å². The maximum absolute atomic E-state index is 14.4. The molecule has 0 saturated carbocycles. The van der Waals surface area contributed by atoms with Gasteiger partial charge in [0.2, 0.25) is 0 Å². The highest BCUT2D eigenvalue weighted by Crippen LogP contribution is 2.32. The predicted octanol–water partition coefficient (Wildman–Crippen LogP) is 3.31. The summed E-state index contributed by atoms with van der Waals surface area (Å²) in [6, 6.07) is -1.05. The standard InChI is InChI=1S/C23H21F6N7O2/c1-12-18(20-32-8-15(24)9-33-20)19(34-35(12)3)21(37)36-11-22(25,26)38-13(2)16(36)10-31-17-6-4-5-14(7-30-17)23(27,28)29/h5-9,13,16H,10-11H2,1-3H3,(H,30,31)/t13-,16+/m0/s1. The van der Waals surface area contributed by atoms with Crippen LogP contribution in [0.15, 0.2) is 47.0 Å². The normalized spacial score (nSPS) is 22.3. The molecule has 2 aliphatic rings. The molecule has 202 valence electrons. The van der Waals surface area contributed by atoms with Crippen LogP contribution in [0.2, 0.25) is 0 Å². The zero-order valence-electron chi connectivity index (χ0n) is 20.2. The van der Waals surface area contributed by atoms with Gasteiger partial charge in [0.1, 0.15) is 12.4 Å². The van der Waals surface area contributed by atoms with Crippen LogP contribution in [0, 0.1) is 12.7 Å². The minimum absolute atomic E-state index is 0.0305. The van der Waals surface area contributed by atoms with Crippen LogP contribution in [0.4, 0.5) is 26.3 Å². The van der Waals surface area contributed by atoms with Crippen molar-refractivity contribution in [3.63, 3.8) is 0 Å². The first-order valence-electron chi connectivity index (χ1n) is 11.2. The van der Waals surface area contributed by atoms with E-state index in [1.54, 1.807) is 6.92 Å². The van der Waals surface area contributed by atoms with Gasteiger partial charge in [0.25, 0.3) is 5.91 Å². The third kappa shape index (κ3) is 5.63. The number of carbonyl (C=O) groups is 1. The SMILES string of the molecule is Cc1c(-c2ncc(F)cn2)c(C(=O)N2CC(F)(F)O[C@@H](C)[C@H]2CN=C2C=C=CC(C(F)(F)F)=CN2)nn1C. The van der Waals surface area contributed by atoms with Gasteiger partial charge in [-0.3, -0.25) is 14.5 Å². The van der Waals surface area contributed by atoms with Crippen LogP contribution in [0.25, 0.3) is 11.4 Å². The van der Waals surface area contributed by atoms with Crippen molar-refractivity contribution in [3.05, 3.63) is 59.3 Å². The van der Waals surface area contributed by atoms with Crippen molar-refractivity contribution in [2.75, 3.05) is 13.1 Å². The molecular formula is C23H21F6N7O2. The number of nitrogens with one attached hydrogen (secondary N) is 1. The van der Waals surface area contributed by atoms with Crippen molar-refractivity contribution >= 4 is 11.7 Å². The van der Waals surface area contributed by atoms with Crippen LogP contribution >= 0.6 is 0 Å². The lowest BCUT2D eigenvalue weighted by Gasteiger charge is -2.42. The molecule has 2 aromatic heterocycles. The van der Waals surface area contributed by atoms with E-state index in [0.717, 1.165) is 29.4 Å². The summed E-state index contributed by atoms with van der Waals surface area (Å²) in [6.45, 7) is 1.50. The number of ether oxygens (including phenoxy) is 1. The number of rotatable bonds is 4. The number of aryl methyl sites for hydroxylation is 1. The highest BCUT2D eigenvalue weighted by atomic mass is 19.4. The summed E-state index contributed by atoms with van der Waals surface area (Å²) in [5.74, 6) is -1.68. The molecule has 0 bridgehead atoms. The second kappa shape index (κ2) is 10.1. The Bertz CT molecular complexity index is 1360. The van der Waals surface area contributed by atoms with Crippen molar-refractivity contribution in [2.45, 2.75) is 38.3 Å². The lowest BCUT2D eigenvalue weighted by atomic mass is 10.1. The van der Waals surface area contributed by atoms with Gasteiger partial charge in [-0.2, -0.15) is 27.1 Å². The average molecular weight is 541 g/mol. The van der Waals surface area contributed by atoms with Crippen LogP contribution in [-0.2, 0) is 11.8 Å². The van der Waals surface area contributed by atoms with Crippen LogP contribution in [0.3, 0.4) is 0 Å². The topological polar surface area (TPSA) is 97.5 Å². The van der Waals surface area contributed by atoms with Crippen molar-refractivity contribution in [1.29, 1.82) is 0 Å². The monoisotopic (exact) mass is 541 g/mol. The van der Waals surface area contributed by atoms with Crippen molar-refractivity contribution in [3.8, 4) is 11.4 Å². The van der Waals surface area contributed by atoms with Gasteiger partial charge < -0.3 is 15.0 Å². The number of amidine groups is 1. The van der Waals surface area contributed by atoms with Crippen LogP contribution in [-0.4, -0.2) is 73.9 Å². The number of halogens is 6. The number of hydrogen-bond donors (Lipinski definition) is 1. The van der Waals surface area contributed by atoms with Gasteiger partial charge in [-0.15, -0.1) is 5.73 Å². The molecule has 2 aliphatic heterocycles. The maximum Gasteiger partial charge on any atom is 0.418 e. The number of aliphatic imine (C=N–C) groups is 1. The second-order valence-electron chi connectivity index (χ2n) is 8.54. The third-order valence-electron chi connectivity index (χ3n) is 5.91. The van der Waals surface area contributed by atoms with E-state index in [2.05, 4.69) is 31.1 Å². The Kier molecular flexibility index (Phi) is 7.17. The molecule has 2 aromatic rings. The van der Waals surface area contributed by atoms with Crippen LogP contribution < -0.4 is 5.32 Å². The summed E-state index contributed by atoms with van der Waals surface area (Å²) in [7, 11) is 1.53. The average Bonchev–Trinajstić information content (AvgIpc) is 2.98. The summed E-state index contributed by atoms with van der Waals surface area (Å²) >= 11 is 0. The molecule has 0 radical (unpaired) electrons. The lowest BCUT2D eigenvalue weighted by molar-refractivity contribution is -0.298. The fourth-order valence-corrected chi connectivity index (χ4v) is 3.92. The molecule has 0 unspecified atom stereocenters. The Balaban J connectivity index is 1.67. The number of hydrogen-bond acceptors (Lipinski definition) is 6. The Morgan fingerprint density at radius 3 is 2.63 bits per heavy atom. The molecule has 4 heterocycles. The van der Waals surface area contributed by atoms with Crippen molar-refractivity contribution in [1.82, 2.24) is 30.0 Å². The molecule has 0 aromatic carbocycles. The molecule has 4 rings (SSSR count). The summed E-state index contributed by atoms with van der Waals surface area (Å²) in [5.41, 5.74) is 1.67.